The van der Waals surface area contributed by atoms with Gasteiger partial charge in [-0.05, 0) is 56.1 Å². The third-order valence-corrected chi connectivity index (χ3v) is 9.12. The van der Waals surface area contributed by atoms with Gasteiger partial charge in [0.1, 0.15) is 36.0 Å². The van der Waals surface area contributed by atoms with Gasteiger partial charge in [0.2, 0.25) is 29.5 Å². The first-order valence-electron chi connectivity index (χ1n) is 19.3. The fourth-order valence-electron chi connectivity index (χ4n) is 5.93. The number of hydrogen-bond donors (Lipinski definition) is 9. The molecule has 0 bridgehead atoms. The van der Waals surface area contributed by atoms with E-state index in [1.54, 1.807) is 52.8 Å². The van der Waals surface area contributed by atoms with Crippen molar-refractivity contribution in [3.63, 3.8) is 0 Å². The van der Waals surface area contributed by atoms with Gasteiger partial charge in [0.25, 0.3) is 5.91 Å². The highest BCUT2D eigenvalue weighted by atomic mass is 16.4. The second kappa shape index (κ2) is 23.9. The lowest BCUT2D eigenvalue weighted by molar-refractivity contribution is -0.142. The minimum Gasteiger partial charge on any atom is -0.481 e. The minimum atomic E-state index is -2.05. The summed E-state index contributed by atoms with van der Waals surface area (Å²) in [5.41, 5.74) is -2.34. The standard InChI is InChI=1S/C41H58N6O13/c1-9-10-14-25(22-48)42-35(56)28(20-23(2)3)45-38(59)34(40(5,6)7)46-39(60)41(8,26-15-12-11-13-24(26)4)47-37(58)27(16-18-31(50)51)44-36(57)29(21-33(54)55)43-30(49)17-19-32(52)53/h11-13,15,22-23,25,27-29,34H,14,16-21H2,1-8H3,(H,42,56)(H,43,49)(H,44,57)(H,45,59)(H,46,60)(H,47,58)(H,50,51)(H,52,53)(H,54,55)/t25?,27-,28-,29-,34+,41?/m0/s1. The van der Waals surface area contributed by atoms with E-state index in [2.05, 4.69) is 43.7 Å². The van der Waals surface area contributed by atoms with Crippen LogP contribution in [0.1, 0.15) is 105 Å². The predicted molar refractivity (Wildman–Crippen MR) is 215 cm³/mol. The van der Waals surface area contributed by atoms with Crippen molar-refractivity contribution in [3.05, 3.63) is 35.4 Å². The number of aryl methyl sites for hydroxylation is 1. The summed E-state index contributed by atoms with van der Waals surface area (Å²) < 4.78 is 0. The SMILES string of the molecule is CC#CCC(C=O)NC(=O)[C@H](CC(C)C)NC(=O)[C@@H](NC(=O)C(C)(NC(=O)[C@H](CCC(=O)O)NC(=O)[C@H](CC(=O)O)NC(=O)CCC(=O)O)c1ccccc1C)C(C)(C)C. The molecule has 60 heavy (non-hydrogen) atoms. The number of carbonyl (C=O) groups excluding carboxylic acids is 7. The van der Waals surface area contributed by atoms with Gasteiger partial charge in [-0.2, -0.15) is 0 Å². The number of aldehydes is 1. The Morgan fingerprint density at radius 3 is 1.82 bits per heavy atom. The van der Waals surface area contributed by atoms with Gasteiger partial charge in [0.15, 0.2) is 0 Å². The first-order chi connectivity index (χ1) is 27.9. The Morgan fingerprint density at radius 2 is 1.30 bits per heavy atom. The molecule has 0 aliphatic heterocycles. The molecule has 330 valence electrons. The zero-order valence-electron chi connectivity index (χ0n) is 35.2. The maximum absolute atomic E-state index is 14.6. The Kier molecular flexibility index (Phi) is 20.6. The number of rotatable bonds is 24. The van der Waals surface area contributed by atoms with E-state index < -0.39 is 127 Å². The molecule has 1 aromatic rings. The van der Waals surface area contributed by atoms with Crippen LogP contribution in [0.15, 0.2) is 24.3 Å². The quantitative estimate of drug-likeness (QED) is 0.0511. The summed E-state index contributed by atoms with van der Waals surface area (Å²) in [6.07, 6.45) is -2.71. The highest BCUT2D eigenvalue weighted by Crippen LogP contribution is 2.28. The van der Waals surface area contributed by atoms with Crippen LogP contribution in [-0.2, 0) is 53.5 Å². The van der Waals surface area contributed by atoms with Gasteiger partial charge in [0, 0.05) is 19.3 Å². The number of aliphatic carboxylic acids is 3. The molecule has 0 aromatic heterocycles. The highest BCUT2D eigenvalue weighted by molar-refractivity contribution is 5.99. The molecule has 19 nitrogen and oxygen atoms in total. The molecule has 1 aromatic carbocycles. The third-order valence-electron chi connectivity index (χ3n) is 9.12. The molecule has 6 amide bonds. The monoisotopic (exact) mass is 842 g/mol. The zero-order chi connectivity index (χ0) is 46.0. The molecule has 0 fully saturated rings. The molecule has 0 spiro atoms. The predicted octanol–water partition coefficient (Wildman–Crippen LogP) is 0.659. The Bertz CT molecular complexity index is 1830. The van der Waals surface area contributed by atoms with Crippen LogP contribution in [0, 0.1) is 30.1 Å². The van der Waals surface area contributed by atoms with Gasteiger partial charge in [-0.15, -0.1) is 11.8 Å². The van der Waals surface area contributed by atoms with Crippen LogP contribution in [-0.4, -0.2) is 105 Å². The van der Waals surface area contributed by atoms with Crippen LogP contribution in [0.2, 0.25) is 0 Å². The average Bonchev–Trinajstić information content (AvgIpc) is 3.14. The summed E-state index contributed by atoms with van der Waals surface area (Å²) in [6.45, 7) is 13.1. The molecule has 0 aliphatic carbocycles. The Hall–Kier alpha value is -6.32. The van der Waals surface area contributed by atoms with Crippen molar-refractivity contribution < 1.29 is 63.3 Å². The molecule has 0 radical (unpaired) electrons. The Morgan fingerprint density at radius 1 is 0.717 bits per heavy atom. The maximum atomic E-state index is 14.6. The molecular formula is C41H58N6O13. The summed E-state index contributed by atoms with van der Waals surface area (Å²) in [6, 6.07) is -0.563. The van der Waals surface area contributed by atoms with Crippen molar-refractivity contribution >= 4 is 59.6 Å². The number of carboxylic acids is 3. The largest absolute Gasteiger partial charge is 0.481 e. The van der Waals surface area contributed by atoms with E-state index in [1.165, 1.54) is 13.0 Å². The van der Waals surface area contributed by atoms with Crippen molar-refractivity contribution in [1.29, 1.82) is 0 Å². The Balaban J connectivity index is 3.65. The summed E-state index contributed by atoms with van der Waals surface area (Å²) in [4.78, 5) is 128. The Labute approximate surface area is 349 Å². The molecule has 2 unspecified atom stereocenters. The first kappa shape index (κ1) is 51.7. The molecule has 0 aliphatic rings. The lowest BCUT2D eigenvalue weighted by Gasteiger charge is -2.37. The topological polar surface area (TPSA) is 304 Å². The maximum Gasteiger partial charge on any atom is 0.305 e. The van der Waals surface area contributed by atoms with Gasteiger partial charge in [0.05, 0.1) is 18.9 Å². The van der Waals surface area contributed by atoms with Crippen molar-refractivity contribution in [3.8, 4) is 11.8 Å². The van der Waals surface area contributed by atoms with Gasteiger partial charge < -0.3 is 52.0 Å². The molecule has 6 atom stereocenters. The summed E-state index contributed by atoms with van der Waals surface area (Å²) in [5, 5.41) is 42.7. The van der Waals surface area contributed by atoms with E-state index in [4.69, 9.17) is 5.11 Å². The number of nitrogens with one attached hydrogen (secondary N) is 6. The average molecular weight is 843 g/mol. The summed E-state index contributed by atoms with van der Waals surface area (Å²) in [5.74, 6) is -4.60. The smallest absolute Gasteiger partial charge is 0.305 e. The van der Waals surface area contributed by atoms with Crippen LogP contribution in [0.4, 0.5) is 0 Å². The summed E-state index contributed by atoms with van der Waals surface area (Å²) >= 11 is 0. The van der Waals surface area contributed by atoms with Crippen LogP contribution in [0.5, 0.6) is 0 Å². The van der Waals surface area contributed by atoms with E-state index in [-0.39, 0.29) is 24.3 Å². The normalized spacial score (nSPS) is 14.5. The number of hydrogen-bond acceptors (Lipinski definition) is 10. The number of amides is 6. The number of carboxylic acid groups (broad SMARTS) is 3. The molecule has 19 heteroatoms. The molecule has 0 saturated heterocycles. The van der Waals surface area contributed by atoms with Crippen molar-refractivity contribution in [2.24, 2.45) is 11.3 Å². The number of benzene rings is 1. The highest BCUT2D eigenvalue weighted by Gasteiger charge is 2.44. The summed E-state index contributed by atoms with van der Waals surface area (Å²) in [7, 11) is 0. The number of carbonyl (C=O) groups is 10. The van der Waals surface area contributed by atoms with Crippen LogP contribution < -0.4 is 31.9 Å². The van der Waals surface area contributed by atoms with Crippen LogP contribution >= 0.6 is 0 Å². The molecule has 0 heterocycles. The van der Waals surface area contributed by atoms with Gasteiger partial charge in [-0.1, -0.05) is 58.9 Å². The van der Waals surface area contributed by atoms with Gasteiger partial charge >= 0.3 is 17.9 Å². The van der Waals surface area contributed by atoms with Crippen LogP contribution in [0.3, 0.4) is 0 Å². The molecule has 0 saturated carbocycles. The van der Waals surface area contributed by atoms with Gasteiger partial charge in [-0.3, -0.25) is 43.2 Å². The molecular weight excluding hydrogens is 784 g/mol. The van der Waals surface area contributed by atoms with E-state index in [1.807, 2.05) is 13.8 Å². The fraction of sp³-hybridized carbons (Fsp3) is 0.561. The molecule has 9 N–H and O–H groups in total. The lowest BCUT2D eigenvalue weighted by Crippen LogP contribution is -2.64. The second-order valence-corrected chi connectivity index (χ2v) is 15.9. The lowest BCUT2D eigenvalue weighted by atomic mass is 9.83. The van der Waals surface area contributed by atoms with E-state index in [0.29, 0.717) is 11.8 Å². The van der Waals surface area contributed by atoms with Gasteiger partial charge in [-0.25, -0.2) is 0 Å². The third kappa shape index (κ3) is 17.3. The van der Waals surface area contributed by atoms with Crippen molar-refractivity contribution in [2.75, 3.05) is 0 Å². The van der Waals surface area contributed by atoms with E-state index in [9.17, 15) is 58.2 Å². The van der Waals surface area contributed by atoms with E-state index in [0.717, 1.165) is 0 Å². The molecule has 1 rings (SSSR count). The van der Waals surface area contributed by atoms with Crippen molar-refractivity contribution in [1.82, 2.24) is 31.9 Å². The second-order valence-electron chi connectivity index (χ2n) is 15.9. The van der Waals surface area contributed by atoms with Crippen LogP contribution in [0.25, 0.3) is 0 Å². The van der Waals surface area contributed by atoms with Crippen molar-refractivity contribution in [2.45, 2.75) is 136 Å². The fourth-order valence-corrected chi connectivity index (χ4v) is 5.93. The van der Waals surface area contributed by atoms with E-state index >= 15 is 0 Å². The zero-order valence-corrected chi connectivity index (χ0v) is 35.2. The first-order valence-corrected chi connectivity index (χ1v) is 19.3. The minimum absolute atomic E-state index is 0.0485.